The minimum atomic E-state index is 0.922. The topological polar surface area (TPSA) is 9.23 Å². The number of thiol groups is 1. The van der Waals surface area contributed by atoms with Crippen molar-refractivity contribution in [3.8, 4) is 5.75 Å². The van der Waals surface area contributed by atoms with Crippen LogP contribution in [0, 0.1) is 0 Å². The highest BCUT2D eigenvalue weighted by Crippen LogP contribution is 2.39. The third-order valence-electron chi connectivity index (χ3n) is 2.28. The van der Waals surface area contributed by atoms with Gasteiger partial charge in [-0.15, -0.1) is 12.6 Å². The molecule has 1 heterocycles. The van der Waals surface area contributed by atoms with Crippen molar-refractivity contribution in [2.24, 2.45) is 0 Å². The Morgan fingerprint density at radius 1 is 1.23 bits per heavy atom. The molecule has 1 aliphatic carbocycles. The van der Waals surface area contributed by atoms with Crippen LogP contribution in [0.5, 0.6) is 5.75 Å². The van der Waals surface area contributed by atoms with Crippen molar-refractivity contribution in [1.29, 1.82) is 0 Å². The summed E-state index contributed by atoms with van der Waals surface area (Å²) in [5.74, 6) is 2.03. The largest absolute Gasteiger partial charge is 0.460 e. The molecule has 1 nitrogen and oxygen atoms in total. The Kier molecular flexibility index (Phi) is 1.35. The molecule has 0 aromatic heterocycles. The van der Waals surface area contributed by atoms with Crippen LogP contribution in [0.15, 0.2) is 40.5 Å². The van der Waals surface area contributed by atoms with Gasteiger partial charge in [-0.2, -0.15) is 0 Å². The van der Waals surface area contributed by atoms with Gasteiger partial charge in [0.2, 0.25) is 0 Å². The van der Waals surface area contributed by atoms with Crippen molar-refractivity contribution in [3.63, 3.8) is 0 Å². The molecule has 0 N–H and O–H groups in total. The maximum absolute atomic E-state index is 5.68. The third kappa shape index (κ3) is 1.18. The molecule has 64 valence electrons. The van der Waals surface area contributed by atoms with E-state index in [4.69, 9.17) is 4.74 Å². The lowest BCUT2D eigenvalue weighted by atomic mass is 10.2. The van der Waals surface area contributed by atoms with Gasteiger partial charge >= 0.3 is 0 Å². The molecule has 0 saturated heterocycles. The van der Waals surface area contributed by atoms with E-state index in [0.717, 1.165) is 28.4 Å². The van der Waals surface area contributed by atoms with Crippen LogP contribution in [-0.2, 0) is 0 Å². The smallest absolute Gasteiger partial charge is 0.135 e. The lowest BCUT2D eigenvalue weighted by Crippen LogP contribution is -1.87. The van der Waals surface area contributed by atoms with Crippen molar-refractivity contribution in [1.82, 2.24) is 0 Å². The molecular weight excluding hydrogens is 180 g/mol. The van der Waals surface area contributed by atoms with E-state index in [9.17, 15) is 0 Å². The highest BCUT2D eigenvalue weighted by molar-refractivity contribution is 7.80. The molecule has 1 aliphatic heterocycles. The molecule has 1 aromatic rings. The predicted molar refractivity (Wildman–Crippen MR) is 55.0 cm³/mol. The van der Waals surface area contributed by atoms with E-state index < -0.39 is 0 Å². The molecule has 3 rings (SSSR count). The summed E-state index contributed by atoms with van der Waals surface area (Å²) < 4.78 is 5.68. The summed E-state index contributed by atoms with van der Waals surface area (Å²) in [6.07, 6.45) is 5.23. The molecule has 0 saturated carbocycles. The first-order valence-corrected chi connectivity index (χ1v) is 4.68. The zero-order valence-electron chi connectivity index (χ0n) is 6.95. The Morgan fingerprint density at radius 2 is 2.15 bits per heavy atom. The van der Waals surface area contributed by atoms with Crippen LogP contribution >= 0.6 is 12.6 Å². The Hall–Kier alpha value is -1.15. The Labute approximate surface area is 82.1 Å². The Morgan fingerprint density at radius 3 is 3.08 bits per heavy atom. The number of fused-ring (bicyclic) bond motifs is 1. The van der Waals surface area contributed by atoms with Gasteiger partial charge in [0.1, 0.15) is 11.5 Å². The molecule has 0 atom stereocenters. The molecule has 0 fully saturated rings. The van der Waals surface area contributed by atoms with Crippen LogP contribution in [0.25, 0.3) is 6.08 Å². The molecule has 0 radical (unpaired) electrons. The lowest BCUT2D eigenvalue weighted by molar-refractivity contribution is 0.445. The fourth-order valence-electron chi connectivity index (χ4n) is 1.45. The van der Waals surface area contributed by atoms with Gasteiger partial charge in [0.05, 0.1) is 0 Å². The minimum absolute atomic E-state index is 0.922. The molecule has 0 unspecified atom stereocenters. The van der Waals surface area contributed by atoms with Crippen molar-refractivity contribution in [2.75, 3.05) is 0 Å². The number of allylic oxidation sites excluding steroid dienone is 3. The molecule has 2 heteroatoms. The van der Waals surface area contributed by atoms with E-state index in [2.05, 4.69) is 24.8 Å². The average molecular weight is 188 g/mol. The van der Waals surface area contributed by atoms with Crippen LogP contribution in [0.3, 0.4) is 0 Å². The SMILES string of the molecule is Sc1ccc2c(c1)OC1=C(C=C2)C1. The highest BCUT2D eigenvalue weighted by Gasteiger charge is 2.24. The number of hydrogen-bond donors (Lipinski definition) is 1. The second-order valence-electron chi connectivity index (χ2n) is 3.28. The Balaban J connectivity index is 2.14. The fraction of sp³-hybridized carbons (Fsp3) is 0.0909. The molecule has 0 bridgehead atoms. The maximum Gasteiger partial charge on any atom is 0.135 e. The summed E-state index contributed by atoms with van der Waals surface area (Å²) in [5, 5.41) is 0. The number of rotatable bonds is 0. The van der Waals surface area contributed by atoms with Crippen molar-refractivity contribution >= 4 is 18.7 Å². The summed E-state index contributed by atoms with van der Waals surface area (Å²) >= 11 is 4.28. The lowest BCUT2D eigenvalue weighted by Gasteiger charge is -2.05. The van der Waals surface area contributed by atoms with Gasteiger partial charge in [-0.05, 0) is 17.7 Å². The first-order valence-electron chi connectivity index (χ1n) is 4.24. The second kappa shape index (κ2) is 2.42. The molecule has 0 amide bonds. The average Bonchev–Trinajstić information content (AvgIpc) is 2.81. The van der Waals surface area contributed by atoms with Crippen molar-refractivity contribution < 1.29 is 4.74 Å². The zero-order valence-corrected chi connectivity index (χ0v) is 7.84. The monoisotopic (exact) mass is 188 g/mol. The summed E-state index contributed by atoms with van der Waals surface area (Å²) in [4.78, 5) is 0.942. The maximum atomic E-state index is 5.68. The minimum Gasteiger partial charge on any atom is -0.460 e. The van der Waals surface area contributed by atoms with E-state index in [1.165, 1.54) is 5.57 Å². The molecule has 1 aromatic carbocycles. The third-order valence-corrected chi connectivity index (χ3v) is 2.56. The second-order valence-corrected chi connectivity index (χ2v) is 3.80. The van der Waals surface area contributed by atoms with Gasteiger partial charge in [0.15, 0.2) is 0 Å². The predicted octanol–water partition coefficient (Wildman–Crippen LogP) is 3.04. The molecule has 0 spiro atoms. The van der Waals surface area contributed by atoms with Crippen LogP contribution in [0.1, 0.15) is 12.0 Å². The zero-order chi connectivity index (χ0) is 8.84. The van der Waals surface area contributed by atoms with E-state index in [0.29, 0.717) is 0 Å². The van der Waals surface area contributed by atoms with E-state index in [1.807, 2.05) is 18.2 Å². The van der Waals surface area contributed by atoms with Gasteiger partial charge in [0.25, 0.3) is 0 Å². The van der Waals surface area contributed by atoms with Crippen LogP contribution in [0.4, 0.5) is 0 Å². The molecular formula is C11H8OS. The molecule has 13 heavy (non-hydrogen) atoms. The van der Waals surface area contributed by atoms with Crippen molar-refractivity contribution in [2.45, 2.75) is 11.3 Å². The summed E-state index contributed by atoms with van der Waals surface area (Å²) in [6, 6.07) is 5.96. The van der Waals surface area contributed by atoms with Gasteiger partial charge in [-0.3, -0.25) is 0 Å². The Bertz CT molecular complexity index is 443. The number of hydrogen-bond acceptors (Lipinski definition) is 2. The van der Waals surface area contributed by atoms with E-state index in [-0.39, 0.29) is 0 Å². The van der Waals surface area contributed by atoms with Crippen LogP contribution < -0.4 is 4.74 Å². The van der Waals surface area contributed by atoms with Gasteiger partial charge in [-0.1, -0.05) is 18.2 Å². The quantitative estimate of drug-likeness (QED) is 0.616. The summed E-state index contributed by atoms with van der Waals surface area (Å²) in [6.45, 7) is 0. The first kappa shape index (κ1) is 7.27. The standard InChI is InChI=1S/C11H8OS/c13-9-4-3-7-1-2-8-5-10(8)12-11(7)6-9/h1-4,6,13H,5H2. The fourth-order valence-corrected chi connectivity index (χ4v) is 1.65. The summed E-state index contributed by atoms with van der Waals surface area (Å²) in [5.41, 5.74) is 2.45. The highest BCUT2D eigenvalue weighted by atomic mass is 32.1. The van der Waals surface area contributed by atoms with Gasteiger partial charge < -0.3 is 4.74 Å². The van der Waals surface area contributed by atoms with E-state index >= 15 is 0 Å². The van der Waals surface area contributed by atoms with Crippen molar-refractivity contribution in [3.05, 3.63) is 41.2 Å². The first-order chi connectivity index (χ1) is 6.33. The van der Waals surface area contributed by atoms with Crippen LogP contribution in [-0.4, -0.2) is 0 Å². The number of ether oxygens (including phenoxy) is 1. The number of benzene rings is 1. The van der Waals surface area contributed by atoms with Gasteiger partial charge in [0, 0.05) is 16.9 Å². The van der Waals surface area contributed by atoms with Crippen LogP contribution in [0.2, 0.25) is 0 Å². The van der Waals surface area contributed by atoms with E-state index in [1.54, 1.807) is 0 Å². The normalized spacial score (nSPS) is 17.3. The summed E-state index contributed by atoms with van der Waals surface area (Å²) in [7, 11) is 0. The molecule has 2 aliphatic rings. The van der Waals surface area contributed by atoms with Gasteiger partial charge in [-0.25, -0.2) is 0 Å².